The van der Waals surface area contributed by atoms with Crippen LogP contribution in [0.25, 0.3) is 0 Å². The monoisotopic (exact) mass is 799 g/mol. The molecule has 1 saturated carbocycles. The number of likely N-dealkylation sites (tertiary alicyclic amines) is 2. The van der Waals surface area contributed by atoms with Gasteiger partial charge in [-0.3, -0.25) is 24.0 Å². The van der Waals surface area contributed by atoms with Crippen LogP contribution in [0.5, 0.6) is 0 Å². The lowest BCUT2D eigenvalue weighted by Gasteiger charge is -2.41. The zero-order valence-corrected chi connectivity index (χ0v) is 36.3. The molecule has 4 unspecified atom stereocenters. The number of hydrogen-bond donors (Lipinski definition) is 4. The van der Waals surface area contributed by atoms with E-state index in [0.29, 0.717) is 57.8 Å². The van der Waals surface area contributed by atoms with Gasteiger partial charge in [0.05, 0.1) is 19.2 Å². The lowest BCUT2D eigenvalue weighted by Crippen LogP contribution is -2.62. The van der Waals surface area contributed by atoms with Gasteiger partial charge < -0.3 is 35.8 Å². The number of carbonyl (C=O) groups is 7. The molecular formula is C43H70N6O8. The number of piperidine rings is 1. The fraction of sp³-hybridized carbons (Fsp3) is 0.698. The highest BCUT2D eigenvalue weighted by Crippen LogP contribution is 2.34. The lowest BCUT2D eigenvalue weighted by molar-refractivity contribution is -0.142. The first kappa shape index (κ1) is 48.7. The van der Waals surface area contributed by atoms with Gasteiger partial charge in [0.15, 0.2) is 6.29 Å². The zero-order chi connectivity index (χ0) is 43.1. The molecule has 2 saturated heterocycles. The van der Waals surface area contributed by atoms with Crippen LogP contribution in [0.15, 0.2) is 30.3 Å². The van der Waals surface area contributed by atoms with E-state index in [-0.39, 0.29) is 35.0 Å². The van der Waals surface area contributed by atoms with E-state index < -0.39 is 47.4 Å². The fourth-order valence-corrected chi connectivity index (χ4v) is 6.70. The van der Waals surface area contributed by atoms with E-state index in [1.807, 2.05) is 90.6 Å². The van der Waals surface area contributed by atoms with Gasteiger partial charge in [-0.05, 0) is 53.4 Å². The van der Waals surface area contributed by atoms with E-state index in [2.05, 4.69) is 39.9 Å². The fourth-order valence-electron chi connectivity index (χ4n) is 6.70. The number of ketones is 1. The Morgan fingerprint density at radius 3 is 2.07 bits per heavy atom. The van der Waals surface area contributed by atoms with Crippen LogP contribution in [0.3, 0.4) is 0 Å². The smallest absolute Gasteiger partial charge is 0.407 e. The van der Waals surface area contributed by atoms with Crippen LogP contribution in [0.2, 0.25) is 0 Å². The molecule has 0 bridgehead atoms. The minimum Gasteiger partial charge on any atom is -0.453 e. The van der Waals surface area contributed by atoms with Crippen LogP contribution >= 0.6 is 0 Å². The number of alkyl carbamates (subject to hydrolysis) is 1. The molecule has 0 aromatic heterocycles. The van der Waals surface area contributed by atoms with Gasteiger partial charge in [-0.1, -0.05) is 112 Å². The minimum atomic E-state index is -0.933. The standard InChI is InChI=1S/C32H53N5O6.C9H11NO2.C2H6/c1-30(2,3)24(18-36-15-13-32(7,8)17-25(36)40)34-29(43)35-26(31(4,5)6)28(42)37-14-9-10-22(37)27(41)33-21(23(39)19-38)16-20-11-12-20;1-12-9(11)10-7-8-5-3-2-4-6-8;1-2/h19-22,24,26H,9-18H2,1-8H3,(H,33,41)(H2,34,35,43);2-6H,7H2,1H3,(H,10,11);1-2H3. The molecule has 3 fully saturated rings. The Kier molecular flexibility index (Phi) is 18.7. The SMILES string of the molecule is CC.CC1(C)CCN(CC(NC(=O)NC(C(=O)N2CCCC2C(=O)NC(CC2CC2)C(=O)C=O)C(C)(C)C)C(C)(C)C)C(=O)C1.COC(=O)NCc1ccccc1. The molecule has 14 heteroatoms. The highest BCUT2D eigenvalue weighted by molar-refractivity contribution is 6.28. The summed E-state index contributed by atoms with van der Waals surface area (Å²) in [6, 6.07) is 6.18. The first-order valence-corrected chi connectivity index (χ1v) is 20.5. The Balaban J connectivity index is 0.000000676. The molecule has 1 aromatic rings. The summed E-state index contributed by atoms with van der Waals surface area (Å²) in [5, 5.41) is 11.2. The first-order valence-electron chi connectivity index (χ1n) is 20.5. The average molecular weight is 799 g/mol. The summed E-state index contributed by atoms with van der Waals surface area (Å²) in [5.74, 6) is -1.10. The summed E-state index contributed by atoms with van der Waals surface area (Å²) in [7, 11) is 1.35. The molecule has 2 heterocycles. The number of nitrogens with zero attached hydrogens (tertiary/aromatic N) is 2. The van der Waals surface area contributed by atoms with Crippen molar-refractivity contribution in [1.82, 2.24) is 31.1 Å². The molecular weight excluding hydrogens is 729 g/mol. The Bertz CT molecular complexity index is 1520. The van der Waals surface area contributed by atoms with Crippen molar-refractivity contribution in [1.29, 1.82) is 0 Å². The Hall–Kier alpha value is -4.49. The topological polar surface area (TPSA) is 183 Å². The summed E-state index contributed by atoms with van der Waals surface area (Å²) < 4.78 is 4.42. The van der Waals surface area contributed by atoms with Gasteiger partial charge in [-0.15, -0.1) is 0 Å². The van der Waals surface area contributed by atoms with Crippen molar-refractivity contribution in [2.75, 3.05) is 26.7 Å². The summed E-state index contributed by atoms with van der Waals surface area (Å²) in [6.07, 6.45) is 4.59. The molecule has 14 nitrogen and oxygen atoms in total. The van der Waals surface area contributed by atoms with E-state index in [4.69, 9.17) is 0 Å². The van der Waals surface area contributed by atoms with Crippen LogP contribution < -0.4 is 21.3 Å². The van der Waals surface area contributed by atoms with Gasteiger partial charge in [0, 0.05) is 32.6 Å². The van der Waals surface area contributed by atoms with E-state index >= 15 is 0 Å². The Morgan fingerprint density at radius 2 is 1.54 bits per heavy atom. The van der Waals surface area contributed by atoms with Crippen molar-refractivity contribution in [2.24, 2.45) is 22.2 Å². The number of nitrogens with one attached hydrogen (secondary N) is 4. The summed E-state index contributed by atoms with van der Waals surface area (Å²) >= 11 is 0. The Labute approximate surface area is 340 Å². The number of benzene rings is 1. The third-order valence-corrected chi connectivity index (χ3v) is 10.5. The number of methoxy groups -OCH3 is 1. The number of rotatable bonds is 13. The molecule has 1 aromatic carbocycles. The van der Waals surface area contributed by atoms with Crippen molar-refractivity contribution in [3.05, 3.63) is 35.9 Å². The third-order valence-electron chi connectivity index (χ3n) is 10.5. The molecule has 320 valence electrons. The van der Waals surface area contributed by atoms with Crippen molar-refractivity contribution < 1.29 is 38.3 Å². The van der Waals surface area contributed by atoms with Crippen LogP contribution in [0, 0.1) is 22.2 Å². The van der Waals surface area contributed by atoms with Crippen molar-refractivity contribution in [2.45, 2.75) is 145 Å². The average Bonchev–Trinajstić information content (AvgIpc) is 3.83. The molecule has 4 N–H and O–H groups in total. The second-order valence-corrected chi connectivity index (χ2v) is 18.0. The molecule has 0 radical (unpaired) electrons. The lowest BCUT2D eigenvalue weighted by atomic mass is 9.81. The number of amides is 6. The van der Waals surface area contributed by atoms with Crippen LogP contribution in [-0.2, 0) is 35.3 Å². The molecule has 0 spiro atoms. The third kappa shape index (κ3) is 16.1. The van der Waals surface area contributed by atoms with Crippen molar-refractivity contribution in [3.63, 3.8) is 0 Å². The summed E-state index contributed by atoms with van der Waals surface area (Å²) in [6.45, 7) is 21.6. The van der Waals surface area contributed by atoms with E-state index in [1.165, 1.54) is 12.0 Å². The normalized spacial score (nSPS) is 19.2. The number of Topliss-reactive ketones (excluding diaryl/α,β-unsaturated/α-hetero) is 1. The Morgan fingerprint density at radius 1 is 0.912 bits per heavy atom. The van der Waals surface area contributed by atoms with Crippen LogP contribution in [-0.4, -0.2) is 103 Å². The molecule has 1 aliphatic carbocycles. The van der Waals surface area contributed by atoms with Gasteiger partial charge in [-0.2, -0.15) is 0 Å². The number of hydrogen-bond acceptors (Lipinski definition) is 8. The number of carbonyl (C=O) groups excluding carboxylic acids is 7. The maximum atomic E-state index is 13.9. The zero-order valence-electron chi connectivity index (χ0n) is 36.3. The highest BCUT2D eigenvalue weighted by atomic mass is 16.5. The number of ether oxygens (including phenoxy) is 1. The predicted molar refractivity (Wildman–Crippen MR) is 220 cm³/mol. The van der Waals surface area contributed by atoms with Gasteiger partial charge in [-0.25, -0.2) is 9.59 Å². The van der Waals surface area contributed by atoms with E-state index in [1.54, 1.807) is 0 Å². The van der Waals surface area contributed by atoms with Gasteiger partial charge >= 0.3 is 12.1 Å². The molecule has 2 aliphatic heterocycles. The quantitative estimate of drug-likeness (QED) is 0.152. The first-order chi connectivity index (χ1) is 26.6. The number of aldehydes is 1. The number of urea groups is 1. The second-order valence-electron chi connectivity index (χ2n) is 18.0. The van der Waals surface area contributed by atoms with E-state index in [9.17, 15) is 33.6 Å². The molecule has 4 rings (SSSR count). The molecule has 57 heavy (non-hydrogen) atoms. The van der Waals surface area contributed by atoms with Gasteiger partial charge in [0.2, 0.25) is 23.5 Å². The highest BCUT2D eigenvalue weighted by Gasteiger charge is 2.43. The molecule has 6 amide bonds. The van der Waals surface area contributed by atoms with Gasteiger partial charge in [0.25, 0.3) is 0 Å². The summed E-state index contributed by atoms with van der Waals surface area (Å²) in [5.41, 5.74) is -0.0172. The van der Waals surface area contributed by atoms with Crippen molar-refractivity contribution in [3.8, 4) is 0 Å². The maximum absolute atomic E-state index is 13.9. The minimum absolute atomic E-state index is 0.0393. The largest absolute Gasteiger partial charge is 0.453 e. The molecule has 3 aliphatic rings. The van der Waals surface area contributed by atoms with Crippen LogP contribution in [0.1, 0.15) is 120 Å². The second kappa shape index (κ2) is 21.9. The molecule has 4 atom stereocenters. The van der Waals surface area contributed by atoms with E-state index in [0.717, 1.165) is 24.8 Å². The maximum Gasteiger partial charge on any atom is 0.407 e. The predicted octanol–water partition coefficient (Wildman–Crippen LogP) is 5.38. The summed E-state index contributed by atoms with van der Waals surface area (Å²) in [4.78, 5) is 90.8. The van der Waals surface area contributed by atoms with Crippen LogP contribution in [0.4, 0.5) is 9.59 Å². The van der Waals surface area contributed by atoms with Gasteiger partial charge in [0.1, 0.15) is 12.1 Å². The van der Waals surface area contributed by atoms with Crippen molar-refractivity contribution >= 4 is 41.9 Å².